The number of hydrogen-bond acceptors (Lipinski definition) is 2. The van der Waals surface area contributed by atoms with E-state index < -0.39 is 11.8 Å². The minimum absolute atomic E-state index is 0.195. The van der Waals surface area contributed by atoms with Gasteiger partial charge in [0.05, 0.1) is 10.6 Å². The van der Waals surface area contributed by atoms with Crippen molar-refractivity contribution in [3.05, 3.63) is 74.7 Å². The van der Waals surface area contributed by atoms with Gasteiger partial charge in [-0.05, 0) is 42.0 Å². The lowest BCUT2D eigenvalue weighted by molar-refractivity contribution is -0.117. The normalized spacial score (nSPS) is 10.6. The van der Waals surface area contributed by atoms with Crippen LogP contribution in [0.5, 0.6) is 0 Å². The molecular weight excluding hydrogens is 359 g/mol. The van der Waals surface area contributed by atoms with Crippen LogP contribution in [-0.2, 0) is 4.79 Å². The Morgan fingerprint density at radius 2 is 1.52 bits per heavy atom. The van der Waals surface area contributed by atoms with Gasteiger partial charge >= 0.3 is 0 Å². The Kier molecular flexibility index (Phi) is 6.04. The van der Waals surface area contributed by atoms with Gasteiger partial charge in [-0.3, -0.25) is 20.4 Å². The van der Waals surface area contributed by atoms with Crippen molar-refractivity contribution in [3.8, 4) is 0 Å². The summed E-state index contributed by atoms with van der Waals surface area (Å²) in [5, 5.41) is 1.22. The molecule has 2 aromatic carbocycles. The third-order valence-electron chi connectivity index (χ3n) is 2.77. The topological polar surface area (TPSA) is 58.2 Å². The maximum absolute atomic E-state index is 11.9. The summed E-state index contributed by atoms with van der Waals surface area (Å²) in [6.45, 7) is 0. The van der Waals surface area contributed by atoms with Crippen LogP contribution >= 0.6 is 34.8 Å². The highest BCUT2D eigenvalue weighted by atomic mass is 35.5. The number of nitrogens with one attached hydrogen (secondary N) is 2. The van der Waals surface area contributed by atoms with E-state index in [9.17, 15) is 9.59 Å². The number of hydrazine groups is 1. The van der Waals surface area contributed by atoms with Gasteiger partial charge in [0.15, 0.2) is 0 Å². The number of benzene rings is 2. The first-order chi connectivity index (χ1) is 11.0. The van der Waals surface area contributed by atoms with Crippen LogP contribution in [0, 0.1) is 0 Å². The van der Waals surface area contributed by atoms with Gasteiger partial charge in [0.1, 0.15) is 0 Å². The van der Waals surface area contributed by atoms with Gasteiger partial charge in [-0.15, -0.1) is 0 Å². The highest BCUT2D eigenvalue weighted by Gasteiger charge is 2.10. The first-order valence-electron chi connectivity index (χ1n) is 6.45. The molecule has 0 atom stereocenters. The molecule has 118 valence electrons. The zero-order chi connectivity index (χ0) is 16.8. The molecule has 0 aromatic heterocycles. The van der Waals surface area contributed by atoms with Crippen molar-refractivity contribution in [3.63, 3.8) is 0 Å². The molecule has 2 aromatic rings. The molecular formula is C16H11Cl3N2O2. The number of hydrogen-bond donors (Lipinski definition) is 2. The maximum Gasteiger partial charge on any atom is 0.271 e. The molecule has 2 amide bonds. The fourth-order valence-electron chi connectivity index (χ4n) is 1.65. The molecule has 0 unspecified atom stereocenters. The van der Waals surface area contributed by atoms with Crippen molar-refractivity contribution in [2.45, 2.75) is 0 Å². The first kappa shape index (κ1) is 17.3. The number of amides is 2. The smallest absolute Gasteiger partial charge is 0.268 e. The highest BCUT2D eigenvalue weighted by molar-refractivity contribution is 6.36. The SMILES string of the molecule is O=C(/C=C/c1ccc(Cl)cc1)NNC(=O)c1ccc(Cl)cc1Cl. The molecule has 4 nitrogen and oxygen atoms in total. The van der Waals surface area contributed by atoms with Gasteiger partial charge in [0.2, 0.25) is 0 Å². The highest BCUT2D eigenvalue weighted by Crippen LogP contribution is 2.20. The van der Waals surface area contributed by atoms with Gasteiger partial charge in [-0.2, -0.15) is 0 Å². The van der Waals surface area contributed by atoms with Gasteiger partial charge < -0.3 is 0 Å². The largest absolute Gasteiger partial charge is 0.271 e. The Morgan fingerprint density at radius 3 is 2.17 bits per heavy atom. The van der Waals surface area contributed by atoms with Crippen molar-refractivity contribution in [1.82, 2.24) is 10.9 Å². The molecule has 0 aliphatic carbocycles. The second-order valence-electron chi connectivity index (χ2n) is 4.45. The van der Waals surface area contributed by atoms with E-state index in [2.05, 4.69) is 10.9 Å². The molecule has 2 rings (SSSR count). The quantitative estimate of drug-likeness (QED) is 0.631. The Hall–Kier alpha value is -2.01. The van der Waals surface area contributed by atoms with Crippen molar-refractivity contribution in [2.75, 3.05) is 0 Å². The zero-order valence-electron chi connectivity index (χ0n) is 11.6. The van der Waals surface area contributed by atoms with Crippen LogP contribution < -0.4 is 10.9 Å². The summed E-state index contributed by atoms with van der Waals surface area (Å²) in [7, 11) is 0. The van der Waals surface area contributed by atoms with Crippen molar-refractivity contribution >= 4 is 52.7 Å². The minimum atomic E-state index is -0.542. The van der Waals surface area contributed by atoms with E-state index in [-0.39, 0.29) is 10.6 Å². The summed E-state index contributed by atoms with van der Waals surface area (Å²) in [5.41, 5.74) is 5.54. The number of halogens is 3. The molecule has 23 heavy (non-hydrogen) atoms. The van der Waals surface area contributed by atoms with Crippen LogP contribution in [0.4, 0.5) is 0 Å². The summed E-state index contributed by atoms with van der Waals surface area (Å²) < 4.78 is 0. The van der Waals surface area contributed by atoms with Crippen LogP contribution in [0.2, 0.25) is 15.1 Å². The third kappa shape index (κ3) is 5.28. The first-order valence-corrected chi connectivity index (χ1v) is 7.58. The molecule has 0 aliphatic heterocycles. The summed E-state index contributed by atoms with van der Waals surface area (Å²) in [6, 6.07) is 11.4. The Balaban J connectivity index is 1.91. The van der Waals surface area contributed by atoms with E-state index in [0.29, 0.717) is 10.0 Å². The van der Waals surface area contributed by atoms with Crippen LogP contribution in [0.25, 0.3) is 6.08 Å². The second-order valence-corrected chi connectivity index (χ2v) is 5.73. The molecule has 7 heteroatoms. The summed E-state index contributed by atoms with van der Waals surface area (Å²) in [6.07, 6.45) is 2.88. The summed E-state index contributed by atoms with van der Waals surface area (Å²) in [4.78, 5) is 23.6. The van der Waals surface area contributed by atoms with Gasteiger partial charge in [-0.25, -0.2) is 0 Å². The molecule has 2 N–H and O–H groups in total. The average Bonchev–Trinajstić information content (AvgIpc) is 2.52. The minimum Gasteiger partial charge on any atom is -0.268 e. The molecule has 0 fully saturated rings. The third-order valence-corrected chi connectivity index (χ3v) is 3.57. The Labute approximate surface area is 148 Å². The lowest BCUT2D eigenvalue weighted by atomic mass is 10.2. The van der Waals surface area contributed by atoms with E-state index in [0.717, 1.165) is 5.56 Å². The molecule has 0 heterocycles. The second kappa shape index (κ2) is 8.02. The standard InChI is InChI=1S/C16H11Cl3N2O2/c17-11-4-1-10(2-5-11)3-8-15(22)20-21-16(23)13-7-6-12(18)9-14(13)19/h1-9H,(H,20,22)(H,21,23)/b8-3+. The fourth-order valence-corrected chi connectivity index (χ4v) is 2.27. The van der Waals surface area contributed by atoms with E-state index in [1.807, 2.05) is 0 Å². The van der Waals surface area contributed by atoms with Crippen molar-refractivity contribution in [2.24, 2.45) is 0 Å². The Morgan fingerprint density at radius 1 is 0.870 bits per heavy atom. The molecule has 0 saturated heterocycles. The zero-order valence-corrected chi connectivity index (χ0v) is 13.9. The van der Waals surface area contributed by atoms with Gasteiger partial charge in [0.25, 0.3) is 11.8 Å². The molecule has 0 spiro atoms. The summed E-state index contributed by atoms with van der Waals surface area (Å²) in [5.74, 6) is -1.03. The van der Waals surface area contributed by atoms with E-state index >= 15 is 0 Å². The van der Waals surface area contributed by atoms with Crippen LogP contribution in [-0.4, -0.2) is 11.8 Å². The molecule has 0 saturated carbocycles. The van der Waals surface area contributed by atoms with E-state index in [1.54, 1.807) is 30.3 Å². The van der Waals surface area contributed by atoms with E-state index in [1.165, 1.54) is 24.3 Å². The number of carbonyl (C=O) groups excluding carboxylic acids is 2. The van der Waals surface area contributed by atoms with E-state index in [4.69, 9.17) is 34.8 Å². The lowest BCUT2D eigenvalue weighted by Gasteiger charge is -2.07. The predicted octanol–water partition coefficient (Wildman–Crippen LogP) is 4.12. The van der Waals surface area contributed by atoms with Crippen LogP contribution in [0.1, 0.15) is 15.9 Å². The van der Waals surface area contributed by atoms with Crippen molar-refractivity contribution in [1.29, 1.82) is 0 Å². The van der Waals surface area contributed by atoms with Crippen molar-refractivity contribution < 1.29 is 9.59 Å². The fraction of sp³-hybridized carbons (Fsp3) is 0. The molecule has 0 radical (unpaired) electrons. The maximum atomic E-state index is 11.9. The molecule has 0 bridgehead atoms. The summed E-state index contributed by atoms with van der Waals surface area (Å²) >= 11 is 17.4. The van der Waals surface area contributed by atoms with Crippen LogP contribution in [0.3, 0.4) is 0 Å². The molecule has 0 aliphatic rings. The Bertz CT molecular complexity index is 758. The lowest BCUT2D eigenvalue weighted by Crippen LogP contribution is -2.40. The monoisotopic (exact) mass is 368 g/mol. The average molecular weight is 370 g/mol. The van der Waals surface area contributed by atoms with Crippen LogP contribution in [0.15, 0.2) is 48.5 Å². The van der Waals surface area contributed by atoms with Gasteiger partial charge in [0, 0.05) is 16.1 Å². The van der Waals surface area contributed by atoms with Gasteiger partial charge in [-0.1, -0.05) is 46.9 Å². The predicted molar refractivity (Wildman–Crippen MR) is 92.6 cm³/mol. The number of carbonyl (C=O) groups is 2. The number of rotatable bonds is 3.